The molecule has 1 aliphatic rings. The van der Waals surface area contributed by atoms with Gasteiger partial charge in [0.15, 0.2) is 0 Å². The Hall–Kier alpha value is -0.600. The largest absolute Gasteiger partial charge is 0.299 e. The molecule has 70 valence electrons. The van der Waals surface area contributed by atoms with Crippen LogP contribution >= 0.6 is 11.6 Å². The van der Waals surface area contributed by atoms with Gasteiger partial charge in [-0.05, 0) is 26.0 Å². The van der Waals surface area contributed by atoms with Crippen molar-refractivity contribution in [3.8, 4) is 0 Å². The van der Waals surface area contributed by atoms with Gasteiger partial charge in [0.25, 0.3) is 0 Å². The van der Waals surface area contributed by atoms with Crippen LogP contribution in [-0.4, -0.2) is 23.0 Å². The molecule has 1 aromatic heterocycles. The van der Waals surface area contributed by atoms with Crippen LogP contribution in [0.1, 0.15) is 18.4 Å². The second-order valence-electron chi connectivity index (χ2n) is 3.60. The highest BCUT2D eigenvalue weighted by atomic mass is 35.5. The van der Waals surface area contributed by atoms with Gasteiger partial charge in [-0.2, -0.15) is 0 Å². The number of pyridine rings is 1. The van der Waals surface area contributed by atoms with Crippen LogP contribution in [0.25, 0.3) is 0 Å². The molecule has 0 aromatic carbocycles. The van der Waals surface area contributed by atoms with E-state index in [1.807, 2.05) is 12.1 Å². The van der Waals surface area contributed by atoms with Crippen LogP contribution in [0.4, 0.5) is 0 Å². The first-order valence-electron chi connectivity index (χ1n) is 4.57. The van der Waals surface area contributed by atoms with Crippen molar-refractivity contribution in [2.75, 3.05) is 7.05 Å². The summed E-state index contributed by atoms with van der Waals surface area (Å²) in [7, 11) is 2.14. The van der Waals surface area contributed by atoms with Crippen LogP contribution in [-0.2, 0) is 6.54 Å². The Morgan fingerprint density at radius 2 is 2.38 bits per heavy atom. The van der Waals surface area contributed by atoms with Gasteiger partial charge >= 0.3 is 0 Å². The molecule has 0 saturated heterocycles. The lowest BCUT2D eigenvalue weighted by molar-refractivity contribution is 0.316. The molecule has 1 aromatic rings. The van der Waals surface area contributed by atoms with Gasteiger partial charge in [-0.25, -0.2) is 4.98 Å². The van der Waals surface area contributed by atoms with Gasteiger partial charge in [-0.3, -0.25) is 4.90 Å². The van der Waals surface area contributed by atoms with E-state index >= 15 is 0 Å². The van der Waals surface area contributed by atoms with E-state index in [0.29, 0.717) is 5.15 Å². The predicted octanol–water partition coefficient (Wildman–Crippen LogP) is 2.33. The molecule has 0 atom stereocenters. The number of hydrogen-bond donors (Lipinski definition) is 0. The molecule has 1 aliphatic carbocycles. The van der Waals surface area contributed by atoms with Crippen LogP contribution < -0.4 is 0 Å². The summed E-state index contributed by atoms with van der Waals surface area (Å²) in [5.41, 5.74) is 1.12. The lowest BCUT2D eigenvalue weighted by atomic mass is 10.2. The molecule has 2 rings (SSSR count). The van der Waals surface area contributed by atoms with E-state index in [0.717, 1.165) is 18.2 Å². The van der Waals surface area contributed by atoms with Crippen molar-refractivity contribution < 1.29 is 0 Å². The van der Waals surface area contributed by atoms with E-state index < -0.39 is 0 Å². The fraction of sp³-hybridized carbons (Fsp3) is 0.500. The summed E-state index contributed by atoms with van der Waals surface area (Å²) < 4.78 is 0. The van der Waals surface area contributed by atoms with Crippen molar-refractivity contribution in [1.29, 1.82) is 0 Å². The summed E-state index contributed by atoms with van der Waals surface area (Å²) in [5.74, 6) is 0. The van der Waals surface area contributed by atoms with Crippen LogP contribution in [0.2, 0.25) is 5.15 Å². The monoisotopic (exact) mass is 196 g/mol. The van der Waals surface area contributed by atoms with Crippen molar-refractivity contribution >= 4 is 11.6 Å². The fourth-order valence-corrected chi connectivity index (χ4v) is 1.63. The van der Waals surface area contributed by atoms with Gasteiger partial charge in [0, 0.05) is 24.3 Å². The average molecular weight is 197 g/mol. The van der Waals surface area contributed by atoms with Crippen molar-refractivity contribution in [2.45, 2.75) is 25.4 Å². The zero-order valence-electron chi connectivity index (χ0n) is 7.70. The molecule has 0 aliphatic heterocycles. The van der Waals surface area contributed by atoms with Gasteiger partial charge in [0.1, 0.15) is 5.15 Å². The highest BCUT2D eigenvalue weighted by Gasteiger charge is 2.26. The van der Waals surface area contributed by atoms with Crippen molar-refractivity contribution in [1.82, 2.24) is 9.88 Å². The van der Waals surface area contributed by atoms with Crippen LogP contribution in [0, 0.1) is 0 Å². The Balaban J connectivity index is 2.03. The number of aromatic nitrogens is 1. The number of hydrogen-bond acceptors (Lipinski definition) is 2. The summed E-state index contributed by atoms with van der Waals surface area (Å²) in [5, 5.41) is 0.634. The third kappa shape index (κ3) is 2.20. The Bertz CT molecular complexity index is 297. The summed E-state index contributed by atoms with van der Waals surface area (Å²) >= 11 is 5.96. The topological polar surface area (TPSA) is 16.1 Å². The minimum atomic E-state index is 0.634. The van der Waals surface area contributed by atoms with Crippen LogP contribution in [0.15, 0.2) is 18.3 Å². The molecule has 1 fully saturated rings. The Kier molecular flexibility index (Phi) is 2.51. The Morgan fingerprint density at radius 3 is 3.00 bits per heavy atom. The first-order valence-corrected chi connectivity index (χ1v) is 4.95. The Labute approximate surface area is 83.5 Å². The van der Waals surface area contributed by atoms with Crippen LogP contribution in [0.5, 0.6) is 0 Å². The fourth-order valence-electron chi connectivity index (χ4n) is 1.45. The molecule has 0 amide bonds. The smallest absolute Gasteiger partial charge is 0.133 e. The average Bonchev–Trinajstić information content (AvgIpc) is 2.91. The lowest BCUT2D eigenvalue weighted by Crippen LogP contribution is -2.20. The lowest BCUT2D eigenvalue weighted by Gasteiger charge is -2.15. The third-order valence-electron chi connectivity index (χ3n) is 2.43. The van der Waals surface area contributed by atoms with Gasteiger partial charge in [0.05, 0.1) is 0 Å². The standard InChI is InChI=1S/C10H13ClN2/c1-13(9-4-5-9)7-8-3-2-6-12-10(8)11/h2-3,6,9H,4-5,7H2,1H3. The highest BCUT2D eigenvalue weighted by Crippen LogP contribution is 2.27. The number of rotatable bonds is 3. The van der Waals surface area contributed by atoms with Crippen LogP contribution in [0.3, 0.4) is 0 Å². The zero-order chi connectivity index (χ0) is 9.26. The van der Waals surface area contributed by atoms with Gasteiger partial charge < -0.3 is 0 Å². The van der Waals surface area contributed by atoms with E-state index in [2.05, 4.69) is 16.9 Å². The SMILES string of the molecule is CN(Cc1cccnc1Cl)C1CC1. The molecular weight excluding hydrogens is 184 g/mol. The normalized spacial score (nSPS) is 16.5. The van der Waals surface area contributed by atoms with Crippen molar-refractivity contribution in [3.63, 3.8) is 0 Å². The minimum absolute atomic E-state index is 0.634. The molecule has 13 heavy (non-hydrogen) atoms. The van der Waals surface area contributed by atoms with E-state index in [1.165, 1.54) is 12.8 Å². The van der Waals surface area contributed by atoms with Crippen molar-refractivity contribution in [3.05, 3.63) is 29.0 Å². The van der Waals surface area contributed by atoms with Gasteiger partial charge in [-0.1, -0.05) is 17.7 Å². The van der Waals surface area contributed by atoms with E-state index in [4.69, 9.17) is 11.6 Å². The maximum atomic E-state index is 5.96. The molecule has 0 spiro atoms. The molecule has 1 saturated carbocycles. The molecule has 2 nitrogen and oxygen atoms in total. The van der Waals surface area contributed by atoms with E-state index in [-0.39, 0.29) is 0 Å². The summed E-state index contributed by atoms with van der Waals surface area (Å²) in [6, 6.07) is 4.74. The van der Waals surface area contributed by atoms with Gasteiger partial charge in [-0.15, -0.1) is 0 Å². The first kappa shape index (κ1) is 8.97. The summed E-state index contributed by atoms with van der Waals surface area (Å²) in [4.78, 5) is 6.39. The highest BCUT2D eigenvalue weighted by molar-refractivity contribution is 6.30. The van der Waals surface area contributed by atoms with Crippen molar-refractivity contribution in [2.24, 2.45) is 0 Å². The quantitative estimate of drug-likeness (QED) is 0.690. The summed E-state index contributed by atoms with van der Waals surface area (Å²) in [6.45, 7) is 0.914. The predicted molar refractivity (Wildman–Crippen MR) is 53.7 cm³/mol. The zero-order valence-corrected chi connectivity index (χ0v) is 8.46. The van der Waals surface area contributed by atoms with E-state index in [9.17, 15) is 0 Å². The molecule has 0 unspecified atom stereocenters. The summed E-state index contributed by atoms with van der Waals surface area (Å²) in [6.07, 6.45) is 4.38. The molecule has 0 radical (unpaired) electrons. The maximum Gasteiger partial charge on any atom is 0.133 e. The number of halogens is 1. The third-order valence-corrected chi connectivity index (χ3v) is 2.77. The second-order valence-corrected chi connectivity index (χ2v) is 3.96. The number of nitrogens with zero attached hydrogens (tertiary/aromatic N) is 2. The minimum Gasteiger partial charge on any atom is -0.299 e. The van der Waals surface area contributed by atoms with Gasteiger partial charge in [0.2, 0.25) is 0 Å². The second kappa shape index (κ2) is 3.64. The first-order chi connectivity index (χ1) is 6.27. The van der Waals surface area contributed by atoms with E-state index in [1.54, 1.807) is 6.20 Å². The molecule has 0 bridgehead atoms. The molecule has 1 heterocycles. The molecule has 0 N–H and O–H groups in total. The Morgan fingerprint density at radius 1 is 1.62 bits per heavy atom. The molecule has 3 heteroatoms. The maximum absolute atomic E-state index is 5.96. The molecular formula is C10H13ClN2.